The van der Waals surface area contributed by atoms with Crippen molar-refractivity contribution < 1.29 is 4.39 Å². The molecule has 0 bridgehead atoms. The van der Waals surface area contributed by atoms with Crippen molar-refractivity contribution in [1.29, 1.82) is 0 Å². The van der Waals surface area contributed by atoms with Gasteiger partial charge in [-0.15, -0.1) is 11.6 Å². The quantitative estimate of drug-likeness (QED) is 0.684. The molecule has 1 heterocycles. The number of aromatic nitrogens is 1. The van der Waals surface area contributed by atoms with Gasteiger partial charge in [-0.05, 0) is 25.5 Å². The number of rotatable bonds is 3. The Bertz CT molecular complexity index is 258. The van der Waals surface area contributed by atoms with Crippen LogP contribution in [0.4, 0.5) is 4.39 Å². The molecular weight excluding hydrogens is 189 g/mol. The lowest BCUT2D eigenvalue weighted by molar-refractivity contribution is 0.599. The Morgan fingerprint density at radius 2 is 2.23 bits per heavy atom. The second-order valence-electron chi connectivity index (χ2n) is 3.09. The van der Waals surface area contributed by atoms with Crippen molar-refractivity contribution >= 4 is 11.6 Å². The summed E-state index contributed by atoms with van der Waals surface area (Å²) in [5.74, 6) is -0.0944. The Balaban J connectivity index is 2.86. The first kappa shape index (κ1) is 10.5. The molecule has 0 saturated carbocycles. The maximum Gasteiger partial charge on any atom is 0.141 e. The normalized spacial score (nSPS) is 15.4. The number of hydrogen-bond acceptors (Lipinski definition) is 1. The summed E-state index contributed by atoms with van der Waals surface area (Å²) in [5.41, 5.74) is 0.867. The molecular formula is C10H13ClFN. The number of nitrogens with zero attached hydrogens (tertiary/aromatic N) is 1. The van der Waals surface area contributed by atoms with Gasteiger partial charge < -0.3 is 0 Å². The molecule has 2 atom stereocenters. The molecule has 1 nitrogen and oxygen atoms in total. The Morgan fingerprint density at radius 3 is 2.62 bits per heavy atom. The Hall–Kier alpha value is -0.630. The largest absolute Gasteiger partial charge is 0.258 e. The van der Waals surface area contributed by atoms with Crippen molar-refractivity contribution in [2.75, 3.05) is 0 Å². The first-order valence-electron chi connectivity index (χ1n) is 4.40. The van der Waals surface area contributed by atoms with E-state index in [1.54, 1.807) is 6.07 Å². The molecule has 1 rings (SSSR count). The number of pyridine rings is 1. The van der Waals surface area contributed by atoms with Crippen LogP contribution in [0.25, 0.3) is 0 Å². The zero-order valence-corrected chi connectivity index (χ0v) is 8.55. The summed E-state index contributed by atoms with van der Waals surface area (Å²) in [6, 6.07) is 3.12. The summed E-state index contributed by atoms with van der Waals surface area (Å²) in [7, 11) is 0. The van der Waals surface area contributed by atoms with Crippen LogP contribution in [-0.2, 0) is 0 Å². The first-order valence-corrected chi connectivity index (χ1v) is 4.84. The molecule has 0 aliphatic rings. The van der Waals surface area contributed by atoms with Gasteiger partial charge in [0.05, 0.1) is 6.20 Å². The van der Waals surface area contributed by atoms with Gasteiger partial charge in [-0.25, -0.2) is 4.39 Å². The highest BCUT2D eigenvalue weighted by molar-refractivity contribution is 6.20. The molecule has 0 aromatic carbocycles. The molecule has 0 N–H and O–H groups in total. The smallest absolute Gasteiger partial charge is 0.141 e. The summed E-state index contributed by atoms with van der Waals surface area (Å²) < 4.78 is 12.6. The monoisotopic (exact) mass is 201 g/mol. The highest BCUT2D eigenvalue weighted by Gasteiger charge is 2.16. The first-order chi connectivity index (χ1) is 6.15. The molecule has 13 heavy (non-hydrogen) atoms. The van der Waals surface area contributed by atoms with Crippen LogP contribution >= 0.6 is 11.6 Å². The predicted molar refractivity (Wildman–Crippen MR) is 52.5 cm³/mol. The van der Waals surface area contributed by atoms with E-state index in [0.29, 0.717) is 0 Å². The Morgan fingerprint density at radius 1 is 1.54 bits per heavy atom. The van der Waals surface area contributed by atoms with Crippen LogP contribution in [0.1, 0.15) is 31.9 Å². The summed E-state index contributed by atoms with van der Waals surface area (Å²) in [4.78, 5) is 4.01. The molecule has 0 fully saturated rings. The van der Waals surface area contributed by atoms with E-state index < -0.39 is 0 Å². The van der Waals surface area contributed by atoms with E-state index in [4.69, 9.17) is 11.6 Å². The van der Waals surface area contributed by atoms with Gasteiger partial charge >= 0.3 is 0 Å². The van der Waals surface area contributed by atoms with Crippen molar-refractivity contribution in [3.05, 3.63) is 29.8 Å². The molecule has 72 valence electrons. The van der Waals surface area contributed by atoms with Gasteiger partial charge in [0.25, 0.3) is 0 Å². The predicted octanol–water partition coefficient (Wildman–Crippen LogP) is 3.34. The van der Waals surface area contributed by atoms with E-state index in [2.05, 4.69) is 11.9 Å². The van der Waals surface area contributed by atoms with E-state index in [1.165, 1.54) is 12.3 Å². The minimum atomic E-state index is -0.305. The van der Waals surface area contributed by atoms with Gasteiger partial charge in [0.1, 0.15) is 5.82 Å². The van der Waals surface area contributed by atoms with Gasteiger partial charge in [0.2, 0.25) is 0 Å². The molecule has 3 heteroatoms. The van der Waals surface area contributed by atoms with Crippen LogP contribution in [0, 0.1) is 5.82 Å². The lowest BCUT2D eigenvalue weighted by atomic mass is 9.98. The SMILES string of the molecule is CCC(c1ccc(F)cn1)C(C)Cl. The maximum atomic E-state index is 12.6. The van der Waals surface area contributed by atoms with Gasteiger partial charge in [-0.2, -0.15) is 0 Å². The fourth-order valence-electron chi connectivity index (χ4n) is 1.38. The second kappa shape index (κ2) is 4.56. The highest BCUT2D eigenvalue weighted by Crippen LogP contribution is 2.24. The van der Waals surface area contributed by atoms with Crippen molar-refractivity contribution in [3.63, 3.8) is 0 Å². The summed E-state index contributed by atoms with van der Waals surface area (Å²) in [6.45, 7) is 3.98. The highest BCUT2D eigenvalue weighted by atomic mass is 35.5. The Kier molecular flexibility index (Phi) is 3.67. The van der Waals surface area contributed by atoms with Crippen molar-refractivity contribution in [1.82, 2.24) is 4.98 Å². The molecule has 0 saturated heterocycles. The average molecular weight is 202 g/mol. The number of halogens is 2. The number of hydrogen-bond donors (Lipinski definition) is 0. The van der Waals surface area contributed by atoms with Gasteiger partial charge in [0, 0.05) is 17.0 Å². The molecule has 1 aromatic rings. The van der Waals surface area contributed by atoms with E-state index in [9.17, 15) is 4.39 Å². The van der Waals surface area contributed by atoms with E-state index in [1.807, 2.05) is 6.92 Å². The molecule has 0 aliphatic heterocycles. The van der Waals surface area contributed by atoms with Crippen molar-refractivity contribution in [2.24, 2.45) is 0 Å². The molecule has 0 spiro atoms. The third-order valence-corrected chi connectivity index (χ3v) is 2.43. The van der Waals surface area contributed by atoms with Crippen LogP contribution < -0.4 is 0 Å². The number of alkyl halides is 1. The summed E-state index contributed by atoms with van der Waals surface area (Å²) in [5, 5.41) is 0.0305. The second-order valence-corrected chi connectivity index (χ2v) is 3.78. The molecule has 0 radical (unpaired) electrons. The van der Waals surface area contributed by atoms with Crippen LogP contribution in [0.3, 0.4) is 0 Å². The summed E-state index contributed by atoms with van der Waals surface area (Å²) in [6.07, 6.45) is 2.15. The minimum absolute atomic E-state index is 0.0305. The van der Waals surface area contributed by atoms with Crippen LogP contribution in [0.2, 0.25) is 0 Å². The summed E-state index contributed by atoms with van der Waals surface area (Å²) >= 11 is 5.98. The zero-order chi connectivity index (χ0) is 9.84. The van der Waals surface area contributed by atoms with Crippen LogP contribution in [0.5, 0.6) is 0 Å². The van der Waals surface area contributed by atoms with Gasteiger partial charge in [-0.1, -0.05) is 6.92 Å². The lowest BCUT2D eigenvalue weighted by Crippen LogP contribution is -2.09. The van der Waals surface area contributed by atoms with Crippen LogP contribution in [-0.4, -0.2) is 10.4 Å². The van der Waals surface area contributed by atoms with Gasteiger partial charge in [-0.3, -0.25) is 4.98 Å². The molecule has 0 amide bonds. The lowest BCUT2D eigenvalue weighted by Gasteiger charge is -2.16. The van der Waals surface area contributed by atoms with E-state index >= 15 is 0 Å². The van der Waals surface area contributed by atoms with Gasteiger partial charge in [0.15, 0.2) is 0 Å². The fraction of sp³-hybridized carbons (Fsp3) is 0.500. The zero-order valence-electron chi connectivity index (χ0n) is 7.80. The average Bonchev–Trinajstić information content (AvgIpc) is 2.09. The fourth-order valence-corrected chi connectivity index (χ4v) is 1.68. The third-order valence-electron chi connectivity index (χ3n) is 2.12. The maximum absolute atomic E-state index is 12.6. The van der Waals surface area contributed by atoms with E-state index in [0.717, 1.165) is 12.1 Å². The molecule has 0 aliphatic carbocycles. The topological polar surface area (TPSA) is 12.9 Å². The van der Waals surface area contributed by atoms with Crippen LogP contribution in [0.15, 0.2) is 18.3 Å². The standard InChI is InChI=1S/C10H13ClFN/c1-3-9(7(2)11)10-5-4-8(12)6-13-10/h4-7,9H,3H2,1-2H3. The van der Waals surface area contributed by atoms with Crippen molar-refractivity contribution in [2.45, 2.75) is 31.6 Å². The minimum Gasteiger partial charge on any atom is -0.258 e. The molecule has 1 aromatic heterocycles. The molecule has 2 unspecified atom stereocenters. The third kappa shape index (κ3) is 2.66. The van der Waals surface area contributed by atoms with Crippen molar-refractivity contribution in [3.8, 4) is 0 Å². The van der Waals surface area contributed by atoms with E-state index in [-0.39, 0.29) is 17.1 Å². The Labute approximate surface area is 82.9 Å².